The van der Waals surface area contributed by atoms with Gasteiger partial charge in [-0.2, -0.15) is 0 Å². The van der Waals surface area contributed by atoms with Crippen LogP contribution in [0.2, 0.25) is 0 Å². The smallest absolute Gasteiger partial charge is 0.150 e. The van der Waals surface area contributed by atoms with Crippen molar-refractivity contribution in [2.75, 3.05) is 31.6 Å². The van der Waals surface area contributed by atoms with Crippen molar-refractivity contribution in [1.29, 1.82) is 0 Å². The summed E-state index contributed by atoms with van der Waals surface area (Å²) < 4.78 is 33.4. The summed E-state index contributed by atoms with van der Waals surface area (Å²) in [5.74, 6) is -1.21. The second-order valence-electron chi connectivity index (χ2n) is 5.21. The van der Waals surface area contributed by atoms with Crippen LogP contribution in [-0.4, -0.2) is 43.3 Å². The Bertz CT molecular complexity index is 447. The minimum Gasteiger partial charge on any atom is -0.378 e. The molecule has 1 heterocycles. The highest BCUT2D eigenvalue weighted by molar-refractivity contribution is 9.10. The van der Waals surface area contributed by atoms with E-state index in [4.69, 9.17) is 4.74 Å². The molecule has 1 aromatic rings. The van der Waals surface area contributed by atoms with Gasteiger partial charge in [-0.3, -0.25) is 4.90 Å². The lowest BCUT2D eigenvalue weighted by Gasteiger charge is -2.35. The van der Waals surface area contributed by atoms with Gasteiger partial charge in [0.2, 0.25) is 0 Å². The maximum absolute atomic E-state index is 13.7. The Morgan fingerprint density at radius 2 is 2.05 bits per heavy atom. The van der Waals surface area contributed by atoms with Gasteiger partial charge in [0.15, 0.2) is 0 Å². The maximum Gasteiger partial charge on any atom is 0.150 e. The van der Waals surface area contributed by atoms with Gasteiger partial charge in [0.05, 0.1) is 12.7 Å². The number of rotatable bonds is 4. The Morgan fingerprint density at radius 1 is 1.40 bits per heavy atom. The molecule has 1 aromatic carbocycles. The number of ether oxygens (including phenoxy) is 1. The fourth-order valence-electron chi connectivity index (χ4n) is 2.26. The van der Waals surface area contributed by atoms with Crippen LogP contribution in [0.5, 0.6) is 0 Å². The minimum atomic E-state index is -0.603. The van der Waals surface area contributed by atoms with Crippen LogP contribution in [0.1, 0.15) is 13.8 Å². The highest BCUT2D eigenvalue weighted by Gasteiger charge is 2.22. The number of nitrogens with zero attached hydrogens (tertiary/aromatic N) is 1. The molecular formula is C14H19BrF2N2O. The van der Waals surface area contributed by atoms with Gasteiger partial charge >= 0.3 is 0 Å². The van der Waals surface area contributed by atoms with Gasteiger partial charge in [-0.1, -0.05) is 15.9 Å². The third-order valence-electron chi connectivity index (χ3n) is 3.41. The van der Waals surface area contributed by atoms with E-state index < -0.39 is 11.6 Å². The number of nitrogens with one attached hydrogen (secondary N) is 1. The van der Waals surface area contributed by atoms with E-state index >= 15 is 0 Å². The Labute approximate surface area is 126 Å². The summed E-state index contributed by atoms with van der Waals surface area (Å²) in [6.07, 6.45) is -0.0615. The van der Waals surface area contributed by atoms with E-state index in [9.17, 15) is 8.78 Å². The molecule has 1 fully saturated rings. The van der Waals surface area contributed by atoms with Crippen molar-refractivity contribution in [3.63, 3.8) is 0 Å². The number of morpholine rings is 1. The average molecular weight is 349 g/mol. The van der Waals surface area contributed by atoms with Gasteiger partial charge in [0.25, 0.3) is 0 Å². The van der Waals surface area contributed by atoms with Crippen LogP contribution in [0.3, 0.4) is 0 Å². The molecule has 0 aromatic heterocycles. The first-order valence-corrected chi connectivity index (χ1v) is 7.50. The second-order valence-corrected chi connectivity index (χ2v) is 6.12. The molecular weight excluding hydrogens is 330 g/mol. The number of hydrogen-bond donors (Lipinski definition) is 1. The van der Waals surface area contributed by atoms with Gasteiger partial charge in [0, 0.05) is 30.1 Å². The lowest BCUT2D eigenvalue weighted by Crippen LogP contribution is -2.48. The zero-order valence-corrected chi connectivity index (χ0v) is 13.2. The molecule has 1 saturated heterocycles. The highest BCUT2D eigenvalue weighted by Crippen LogP contribution is 2.24. The Hall–Kier alpha value is -0.720. The first-order chi connectivity index (χ1) is 9.47. The molecule has 3 nitrogen and oxygen atoms in total. The van der Waals surface area contributed by atoms with Gasteiger partial charge < -0.3 is 10.1 Å². The lowest BCUT2D eigenvalue weighted by molar-refractivity contribution is -0.0316. The number of benzene rings is 1. The molecule has 1 aliphatic heterocycles. The van der Waals surface area contributed by atoms with Crippen molar-refractivity contribution in [3.8, 4) is 0 Å². The summed E-state index contributed by atoms with van der Waals surface area (Å²) >= 11 is 3.06. The van der Waals surface area contributed by atoms with E-state index in [1.807, 2.05) is 0 Å². The van der Waals surface area contributed by atoms with Crippen molar-refractivity contribution < 1.29 is 13.5 Å². The molecule has 0 bridgehead atoms. The fraction of sp³-hybridized carbons (Fsp3) is 0.571. The van der Waals surface area contributed by atoms with Crippen LogP contribution in [0.15, 0.2) is 16.6 Å². The summed E-state index contributed by atoms with van der Waals surface area (Å²) in [6, 6.07) is 2.93. The molecule has 112 valence electrons. The van der Waals surface area contributed by atoms with Crippen molar-refractivity contribution >= 4 is 21.6 Å². The lowest BCUT2D eigenvalue weighted by atomic mass is 10.2. The molecule has 0 spiro atoms. The number of hydrogen-bond acceptors (Lipinski definition) is 3. The van der Waals surface area contributed by atoms with E-state index in [1.54, 1.807) is 0 Å². The Kier molecular flexibility index (Phi) is 5.35. The van der Waals surface area contributed by atoms with E-state index in [2.05, 4.69) is 40.0 Å². The molecule has 1 unspecified atom stereocenters. The van der Waals surface area contributed by atoms with Crippen LogP contribution < -0.4 is 5.32 Å². The molecule has 1 N–H and O–H groups in total. The van der Waals surface area contributed by atoms with Crippen molar-refractivity contribution in [1.82, 2.24) is 4.90 Å². The van der Waals surface area contributed by atoms with Crippen molar-refractivity contribution in [3.05, 3.63) is 28.2 Å². The molecule has 0 radical (unpaired) electrons. The minimum absolute atomic E-state index is 0.0615. The molecule has 1 aliphatic rings. The Morgan fingerprint density at radius 3 is 2.65 bits per heavy atom. The predicted octanol–water partition coefficient (Wildman–Crippen LogP) is 3.25. The van der Waals surface area contributed by atoms with E-state index in [1.165, 1.54) is 12.1 Å². The Balaban J connectivity index is 1.95. The zero-order chi connectivity index (χ0) is 14.7. The third kappa shape index (κ3) is 3.90. The molecule has 0 amide bonds. The molecule has 0 saturated carbocycles. The van der Waals surface area contributed by atoms with Gasteiger partial charge in [-0.25, -0.2) is 8.78 Å². The number of halogens is 3. The van der Waals surface area contributed by atoms with E-state index in [0.29, 0.717) is 23.7 Å². The second kappa shape index (κ2) is 6.83. The van der Waals surface area contributed by atoms with Gasteiger partial charge in [-0.15, -0.1) is 0 Å². The molecule has 0 aliphatic carbocycles. The summed E-state index contributed by atoms with van der Waals surface area (Å²) in [5.41, 5.74) is -0.0986. The maximum atomic E-state index is 13.7. The van der Waals surface area contributed by atoms with Crippen LogP contribution in [0.4, 0.5) is 14.5 Å². The van der Waals surface area contributed by atoms with E-state index in [0.717, 1.165) is 13.1 Å². The SMILES string of the molecule is CC(C)N1CCOC(CNc2c(F)cc(Br)cc2F)C1. The van der Waals surface area contributed by atoms with Crippen molar-refractivity contribution in [2.24, 2.45) is 0 Å². The first-order valence-electron chi connectivity index (χ1n) is 6.71. The molecule has 20 heavy (non-hydrogen) atoms. The number of anilines is 1. The van der Waals surface area contributed by atoms with Gasteiger partial charge in [0.1, 0.15) is 17.3 Å². The highest BCUT2D eigenvalue weighted by atomic mass is 79.9. The normalized spacial score (nSPS) is 20.4. The van der Waals surface area contributed by atoms with Crippen molar-refractivity contribution in [2.45, 2.75) is 26.0 Å². The summed E-state index contributed by atoms with van der Waals surface area (Å²) in [4.78, 5) is 2.30. The van der Waals surface area contributed by atoms with Crippen LogP contribution >= 0.6 is 15.9 Å². The molecule has 1 atom stereocenters. The van der Waals surface area contributed by atoms with Crippen LogP contribution in [0, 0.1) is 11.6 Å². The van der Waals surface area contributed by atoms with Gasteiger partial charge in [-0.05, 0) is 26.0 Å². The fourth-order valence-corrected chi connectivity index (χ4v) is 2.66. The van der Waals surface area contributed by atoms with E-state index in [-0.39, 0.29) is 11.8 Å². The summed E-state index contributed by atoms with van der Waals surface area (Å²) in [5, 5.41) is 2.82. The van der Waals surface area contributed by atoms with Crippen LogP contribution in [0.25, 0.3) is 0 Å². The predicted molar refractivity (Wildman–Crippen MR) is 79.0 cm³/mol. The third-order valence-corrected chi connectivity index (χ3v) is 3.87. The zero-order valence-electron chi connectivity index (χ0n) is 11.6. The molecule has 6 heteroatoms. The first kappa shape index (κ1) is 15.7. The standard InChI is InChI=1S/C14H19BrF2N2O/c1-9(2)19-3-4-20-11(8-19)7-18-14-12(16)5-10(15)6-13(14)17/h5-6,9,11,18H,3-4,7-8H2,1-2H3. The monoisotopic (exact) mass is 348 g/mol. The molecule has 2 rings (SSSR count). The largest absolute Gasteiger partial charge is 0.378 e. The summed E-state index contributed by atoms with van der Waals surface area (Å²) in [6.45, 7) is 6.96. The average Bonchev–Trinajstić information content (AvgIpc) is 2.37. The topological polar surface area (TPSA) is 24.5 Å². The quantitative estimate of drug-likeness (QED) is 0.903. The van der Waals surface area contributed by atoms with Crippen LogP contribution in [-0.2, 0) is 4.74 Å². The summed E-state index contributed by atoms with van der Waals surface area (Å²) in [7, 11) is 0.